The quantitative estimate of drug-likeness (QED) is 0.663. The van der Waals surface area contributed by atoms with Crippen LogP contribution in [0.5, 0.6) is 0 Å². The number of hydrogen-bond acceptors (Lipinski definition) is 4. The molecule has 2 amide bonds. The SMILES string of the molecule is CC(=O)c1ccc(NC(=O)C2CC=CCC2C(=O)N2CCOCC2)cc1. The van der Waals surface area contributed by atoms with Gasteiger partial charge >= 0.3 is 0 Å². The van der Waals surface area contributed by atoms with Gasteiger partial charge in [-0.3, -0.25) is 14.4 Å². The van der Waals surface area contributed by atoms with Crippen LogP contribution >= 0.6 is 0 Å². The lowest BCUT2D eigenvalue weighted by molar-refractivity contribution is -0.144. The van der Waals surface area contributed by atoms with Crippen LogP contribution in [0.3, 0.4) is 0 Å². The third kappa shape index (κ3) is 4.19. The van der Waals surface area contributed by atoms with E-state index in [0.29, 0.717) is 50.4 Å². The van der Waals surface area contributed by atoms with E-state index < -0.39 is 0 Å². The van der Waals surface area contributed by atoms with E-state index in [-0.39, 0.29) is 29.4 Å². The van der Waals surface area contributed by atoms with Crippen molar-refractivity contribution in [2.24, 2.45) is 11.8 Å². The van der Waals surface area contributed by atoms with Crippen molar-refractivity contribution in [1.29, 1.82) is 0 Å². The first kappa shape index (κ1) is 18.3. The Hall–Kier alpha value is -2.47. The number of amides is 2. The lowest BCUT2D eigenvalue weighted by Crippen LogP contribution is -2.47. The number of allylic oxidation sites excluding steroid dienone is 2. The molecule has 1 heterocycles. The molecular formula is C20H24N2O4. The average molecular weight is 356 g/mol. The topological polar surface area (TPSA) is 75.7 Å². The Balaban J connectivity index is 1.68. The molecule has 0 bridgehead atoms. The van der Waals surface area contributed by atoms with Gasteiger partial charge in [0.05, 0.1) is 25.0 Å². The van der Waals surface area contributed by atoms with Crippen molar-refractivity contribution in [3.05, 3.63) is 42.0 Å². The summed E-state index contributed by atoms with van der Waals surface area (Å²) in [5.74, 6) is -0.866. The molecule has 0 saturated carbocycles. The summed E-state index contributed by atoms with van der Waals surface area (Å²) in [6, 6.07) is 6.81. The first-order chi connectivity index (χ1) is 12.6. The normalized spacial score (nSPS) is 22.7. The number of carbonyl (C=O) groups is 3. The second-order valence-corrected chi connectivity index (χ2v) is 6.72. The Labute approximate surface area is 153 Å². The molecule has 2 unspecified atom stereocenters. The van der Waals surface area contributed by atoms with Crippen molar-refractivity contribution in [3.8, 4) is 0 Å². The maximum absolute atomic E-state index is 12.9. The van der Waals surface area contributed by atoms with Crippen LogP contribution < -0.4 is 5.32 Å². The molecule has 0 radical (unpaired) electrons. The van der Waals surface area contributed by atoms with E-state index >= 15 is 0 Å². The van der Waals surface area contributed by atoms with E-state index in [1.165, 1.54) is 6.92 Å². The van der Waals surface area contributed by atoms with Gasteiger partial charge in [0.1, 0.15) is 0 Å². The van der Waals surface area contributed by atoms with Crippen LogP contribution in [0.15, 0.2) is 36.4 Å². The smallest absolute Gasteiger partial charge is 0.228 e. The van der Waals surface area contributed by atoms with Gasteiger partial charge in [0.15, 0.2) is 5.78 Å². The second kappa shape index (κ2) is 8.27. The van der Waals surface area contributed by atoms with Gasteiger partial charge in [-0.05, 0) is 44.0 Å². The first-order valence-corrected chi connectivity index (χ1v) is 8.99. The minimum atomic E-state index is -0.386. The second-order valence-electron chi connectivity index (χ2n) is 6.72. The molecule has 1 fully saturated rings. The molecule has 1 N–H and O–H groups in total. The molecule has 1 aliphatic carbocycles. The summed E-state index contributed by atoms with van der Waals surface area (Å²) in [5.41, 5.74) is 1.23. The number of carbonyl (C=O) groups excluding carboxylic acids is 3. The number of Topliss-reactive ketones (excluding diaryl/α,β-unsaturated/α-hetero) is 1. The lowest BCUT2D eigenvalue weighted by atomic mass is 9.81. The highest BCUT2D eigenvalue weighted by Crippen LogP contribution is 2.29. The van der Waals surface area contributed by atoms with Gasteiger partial charge in [0, 0.05) is 24.3 Å². The van der Waals surface area contributed by atoms with E-state index in [9.17, 15) is 14.4 Å². The molecule has 1 saturated heterocycles. The van der Waals surface area contributed by atoms with Crippen LogP contribution in [0.2, 0.25) is 0 Å². The van der Waals surface area contributed by atoms with E-state index in [1.807, 2.05) is 12.2 Å². The van der Waals surface area contributed by atoms with Gasteiger partial charge in [-0.1, -0.05) is 12.2 Å². The van der Waals surface area contributed by atoms with Crippen LogP contribution in [0.4, 0.5) is 5.69 Å². The highest BCUT2D eigenvalue weighted by molar-refractivity contribution is 5.98. The molecule has 2 aliphatic rings. The summed E-state index contributed by atoms with van der Waals surface area (Å²) in [7, 11) is 0. The predicted octanol–water partition coefficient (Wildman–Crippen LogP) is 2.27. The zero-order valence-electron chi connectivity index (χ0n) is 14.9. The molecular weight excluding hydrogens is 332 g/mol. The van der Waals surface area contributed by atoms with E-state index in [2.05, 4.69) is 5.32 Å². The molecule has 26 heavy (non-hydrogen) atoms. The Morgan fingerprint density at radius 2 is 1.62 bits per heavy atom. The third-order valence-corrected chi connectivity index (χ3v) is 4.97. The molecule has 1 aliphatic heterocycles. The minimum Gasteiger partial charge on any atom is -0.378 e. The molecule has 1 aromatic rings. The molecule has 0 spiro atoms. The van der Waals surface area contributed by atoms with Gasteiger partial charge in [-0.2, -0.15) is 0 Å². The number of nitrogens with zero attached hydrogens (tertiary/aromatic N) is 1. The molecule has 6 nitrogen and oxygen atoms in total. The number of ether oxygens (including phenoxy) is 1. The van der Waals surface area contributed by atoms with Crippen molar-refractivity contribution in [1.82, 2.24) is 4.90 Å². The Kier molecular flexibility index (Phi) is 5.83. The van der Waals surface area contributed by atoms with Gasteiger partial charge in [0.2, 0.25) is 11.8 Å². The summed E-state index contributed by atoms with van der Waals surface area (Å²) in [4.78, 5) is 38.8. The van der Waals surface area contributed by atoms with Gasteiger partial charge in [0.25, 0.3) is 0 Å². The Morgan fingerprint density at radius 3 is 2.23 bits per heavy atom. The summed E-state index contributed by atoms with van der Waals surface area (Å²) >= 11 is 0. The third-order valence-electron chi connectivity index (χ3n) is 4.97. The van der Waals surface area contributed by atoms with Crippen molar-refractivity contribution < 1.29 is 19.1 Å². The predicted molar refractivity (Wildman–Crippen MR) is 97.8 cm³/mol. The fourth-order valence-electron chi connectivity index (χ4n) is 3.42. The van der Waals surface area contributed by atoms with Crippen molar-refractivity contribution in [3.63, 3.8) is 0 Å². The van der Waals surface area contributed by atoms with Crippen molar-refractivity contribution >= 4 is 23.3 Å². The molecule has 6 heteroatoms. The van der Waals surface area contributed by atoms with Gasteiger partial charge in [-0.25, -0.2) is 0 Å². The van der Waals surface area contributed by atoms with E-state index in [0.717, 1.165) is 0 Å². The van der Waals surface area contributed by atoms with Crippen LogP contribution in [0.25, 0.3) is 0 Å². The zero-order chi connectivity index (χ0) is 18.5. The molecule has 1 aromatic carbocycles. The maximum Gasteiger partial charge on any atom is 0.228 e. The van der Waals surface area contributed by atoms with Gasteiger partial charge < -0.3 is 15.0 Å². The zero-order valence-corrected chi connectivity index (χ0v) is 14.9. The number of morpholine rings is 1. The maximum atomic E-state index is 12.9. The van der Waals surface area contributed by atoms with E-state index in [4.69, 9.17) is 4.74 Å². The highest BCUT2D eigenvalue weighted by Gasteiger charge is 2.36. The summed E-state index contributed by atoms with van der Waals surface area (Å²) in [6.07, 6.45) is 5.08. The fourth-order valence-corrected chi connectivity index (χ4v) is 3.42. The molecule has 2 atom stereocenters. The Morgan fingerprint density at radius 1 is 1.00 bits per heavy atom. The van der Waals surface area contributed by atoms with Crippen molar-refractivity contribution in [2.75, 3.05) is 31.6 Å². The first-order valence-electron chi connectivity index (χ1n) is 8.99. The number of rotatable bonds is 4. The van der Waals surface area contributed by atoms with Crippen molar-refractivity contribution in [2.45, 2.75) is 19.8 Å². The summed E-state index contributed by atoms with van der Waals surface area (Å²) in [5, 5.41) is 2.89. The van der Waals surface area contributed by atoms with Crippen LogP contribution in [0, 0.1) is 11.8 Å². The van der Waals surface area contributed by atoms with E-state index in [1.54, 1.807) is 29.2 Å². The summed E-state index contributed by atoms with van der Waals surface area (Å²) in [6.45, 7) is 3.77. The average Bonchev–Trinajstić information content (AvgIpc) is 2.68. The Bertz CT molecular complexity index is 705. The lowest BCUT2D eigenvalue weighted by Gasteiger charge is -2.34. The number of anilines is 1. The highest BCUT2D eigenvalue weighted by atomic mass is 16.5. The molecule has 3 rings (SSSR count). The van der Waals surface area contributed by atoms with Crippen LogP contribution in [-0.2, 0) is 14.3 Å². The largest absolute Gasteiger partial charge is 0.378 e. The standard InChI is InChI=1S/C20H24N2O4/c1-14(23)15-6-8-16(9-7-15)21-19(24)17-4-2-3-5-18(17)20(25)22-10-12-26-13-11-22/h2-3,6-9,17-18H,4-5,10-13H2,1H3,(H,21,24). The van der Waals surface area contributed by atoms with Gasteiger partial charge in [-0.15, -0.1) is 0 Å². The van der Waals surface area contributed by atoms with Crippen LogP contribution in [0.1, 0.15) is 30.1 Å². The number of hydrogen-bond donors (Lipinski definition) is 1. The number of nitrogens with one attached hydrogen (secondary N) is 1. The number of benzene rings is 1. The monoisotopic (exact) mass is 356 g/mol. The van der Waals surface area contributed by atoms with Crippen LogP contribution in [-0.4, -0.2) is 48.8 Å². The molecule has 0 aromatic heterocycles. The fraction of sp³-hybridized carbons (Fsp3) is 0.450. The number of ketones is 1. The summed E-state index contributed by atoms with van der Waals surface area (Å²) < 4.78 is 5.31. The minimum absolute atomic E-state index is 0.0172. The molecule has 138 valence electrons.